The van der Waals surface area contributed by atoms with Crippen LogP contribution in [-0.4, -0.2) is 58.0 Å². The molecule has 1 aromatic carbocycles. The summed E-state index contributed by atoms with van der Waals surface area (Å²) in [7, 11) is 0. The van der Waals surface area contributed by atoms with E-state index in [1.165, 1.54) is 6.92 Å². The van der Waals surface area contributed by atoms with Crippen molar-refractivity contribution in [2.24, 2.45) is 5.92 Å². The van der Waals surface area contributed by atoms with Gasteiger partial charge in [-0.25, -0.2) is 4.79 Å². The van der Waals surface area contributed by atoms with E-state index in [1.54, 1.807) is 13.8 Å². The minimum atomic E-state index is -1.62. The Hall–Kier alpha value is -3.43. The van der Waals surface area contributed by atoms with Gasteiger partial charge in [0.25, 0.3) is 0 Å². The van der Waals surface area contributed by atoms with Gasteiger partial charge in [0.15, 0.2) is 0 Å². The summed E-state index contributed by atoms with van der Waals surface area (Å²) in [5, 5.41) is 24.9. The van der Waals surface area contributed by atoms with Gasteiger partial charge < -0.3 is 26.2 Å². The SMILES string of the molecule is CC(C)[C@H](NC(=O)CCc1ccccc1)C(=O)N[C@@H](C)C(=O)N[C@@H](CC(=O)O)C(=O)O. The van der Waals surface area contributed by atoms with E-state index < -0.39 is 48.3 Å². The van der Waals surface area contributed by atoms with Gasteiger partial charge in [0.2, 0.25) is 17.7 Å². The van der Waals surface area contributed by atoms with Crippen LogP contribution in [0.5, 0.6) is 0 Å². The van der Waals surface area contributed by atoms with Gasteiger partial charge in [0.1, 0.15) is 18.1 Å². The van der Waals surface area contributed by atoms with Gasteiger partial charge in [0, 0.05) is 6.42 Å². The summed E-state index contributed by atoms with van der Waals surface area (Å²) in [6.45, 7) is 4.81. The van der Waals surface area contributed by atoms with E-state index in [0.717, 1.165) is 5.56 Å². The summed E-state index contributed by atoms with van der Waals surface area (Å²) < 4.78 is 0. The maximum atomic E-state index is 12.6. The number of aryl methyl sites for hydroxylation is 1. The standard InChI is InChI=1S/C21H29N3O7/c1-12(2)18(24-16(25)10-9-14-7-5-4-6-8-14)20(29)22-13(3)19(28)23-15(21(30)31)11-17(26)27/h4-8,12-13,15,18H,9-11H2,1-3H3,(H,22,29)(H,23,28)(H,24,25)(H,26,27)(H,30,31)/t13-,15-,18-/m0/s1. The van der Waals surface area contributed by atoms with E-state index in [4.69, 9.17) is 10.2 Å². The molecule has 5 N–H and O–H groups in total. The average Bonchev–Trinajstić information content (AvgIpc) is 2.69. The molecule has 170 valence electrons. The van der Waals surface area contributed by atoms with Crippen LogP contribution in [-0.2, 0) is 30.4 Å². The van der Waals surface area contributed by atoms with E-state index in [0.29, 0.717) is 6.42 Å². The number of carbonyl (C=O) groups excluding carboxylic acids is 3. The Morgan fingerprint density at radius 1 is 0.871 bits per heavy atom. The van der Waals surface area contributed by atoms with Gasteiger partial charge in [-0.05, 0) is 24.8 Å². The maximum absolute atomic E-state index is 12.6. The molecule has 1 aromatic rings. The molecule has 0 unspecified atom stereocenters. The van der Waals surface area contributed by atoms with Crippen LogP contribution in [0.4, 0.5) is 0 Å². The lowest BCUT2D eigenvalue weighted by atomic mass is 10.0. The maximum Gasteiger partial charge on any atom is 0.326 e. The van der Waals surface area contributed by atoms with E-state index in [9.17, 15) is 24.0 Å². The van der Waals surface area contributed by atoms with Crippen molar-refractivity contribution in [3.05, 3.63) is 35.9 Å². The Labute approximate surface area is 180 Å². The lowest BCUT2D eigenvalue weighted by Gasteiger charge is -2.24. The number of rotatable bonds is 12. The zero-order valence-corrected chi connectivity index (χ0v) is 17.8. The highest BCUT2D eigenvalue weighted by atomic mass is 16.4. The average molecular weight is 435 g/mol. The third-order valence-corrected chi connectivity index (χ3v) is 4.49. The monoisotopic (exact) mass is 435 g/mol. The number of carboxylic acids is 2. The lowest BCUT2D eigenvalue weighted by Crippen LogP contribution is -2.56. The van der Waals surface area contributed by atoms with Gasteiger partial charge in [-0.2, -0.15) is 0 Å². The van der Waals surface area contributed by atoms with Gasteiger partial charge >= 0.3 is 11.9 Å². The molecular weight excluding hydrogens is 406 g/mol. The molecule has 10 heteroatoms. The quantitative estimate of drug-likeness (QED) is 0.315. The fourth-order valence-corrected chi connectivity index (χ4v) is 2.72. The summed E-state index contributed by atoms with van der Waals surface area (Å²) in [6, 6.07) is 5.76. The molecule has 0 aliphatic heterocycles. The van der Waals surface area contributed by atoms with Crippen molar-refractivity contribution in [2.45, 2.75) is 58.2 Å². The molecule has 0 aromatic heterocycles. The molecule has 3 amide bonds. The minimum absolute atomic E-state index is 0.187. The normalized spacial score (nSPS) is 13.5. The van der Waals surface area contributed by atoms with Crippen LogP contribution in [0, 0.1) is 5.92 Å². The Morgan fingerprint density at radius 3 is 2.00 bits per heavy atom. The fraction of sp³-hybridized carbons (Fsp3) is 0.476. The van der Waals surface area contributed by atoms with Gasteiger partial charge in [-0.3, -0.25) is 19.2 Å². The Kier molecular flexibility index (Phi) is 10.2. The highest BCUT2D eigenvalue weighted by molar-refractivity contribution is 5.94. The van der Waals surface area contributed by atoms with E-state index >= 15 is 0 Å². The predicted molar refractivity (Wildman–Crippen MR) is 111 cm³/mol. The van der Waals surface area contributed by atoms with Crippen LogP contribution >= 0.6 is 0 Å². The van der Waals surface area contributed by atoms with Crippen molar-refractivity contribution < 1.29 is 34.2 Å². The highest BCUT2D eigenvalue weighted by Gasteiger charge is 2.29. The second-order valence-corrected chi connectivity index (χ2v) is 7.50. The summed E-state index contributed by atoms with van der Waals surface area (Å²) in [5.41, 5.74) is 0.989. The first kappa shape index (κ1) is 25.6. The van der Waals surface area contributed by atoms with Crippen LogP contribution in [0.1, 0.15) is 39.2 Å². The smallest absolute Gasteiger partial charge is 0.326 e. The zero-order valence-electron chi connectivity index (χ0n) is 17.8. The van der Waals surface area contributed by atoms with Crippen molar-refractivity contribution in [1.82, 2.24) is 16.0 Å². The minimum Gasteiger partial charge on any atom is -0.481 e. The molecule has 3 atom stereocenters. The molecule has 0 radical (unpaired) electrons. The molecule has 10 nitrogen and oxygen atoms in total. The Balaban J connectivity index is 2.64. The second-order valence-electron chi connectivity index (χ2n) is 7.50. The summed E-state index contributed by atoms with van der Waals surface area (Å²) in [6.07, 6.45) is -0.0993. The number of amides is 3. The number of carboxylic acid groups (broad SMARTS) is 2. The summed E-state index contributed by atoms with van der Waals surface area (Å²) in [4.78, 5) is 58.9. The molecule has 0 heterocycles. The van der Waals surface area contributed by atoms with Crippen LogP contribution < -0.4 is 16.0 Å². The van der Waals surface area contributed by atoms with Crippen LogP contribution in [0.25, 0.3) is 0 Å². The number of benzene rings is 1. The molecule has 0 bridgehead atoms. The number of aliphatic carboxylic acids is 2. The summed E-state index contributed by atoms with van der Waals surface area (Å²) >= 11 is 0. The second kappa shape index (κ2) is 12.3. The van der Waals surface area contributed by atoms with Crippen molar-refractivity contribution in [1.29, 1.82) is 0 Å². The predicted octanol–water partition coefficient (Wildman–Crippen LogP) is 0.309. The van der Waals surface area contributed by atoms with Gasteiger partial charge in [-0.1, -0.05) is 44.2 Å². The third kappa shape index (κ3) is 9.28. The first-order chi connectivity index (χ1) is 14.5. The molecule has 0 saturated heterocycles. The molecule has 1 rings (SSSR count). The van der Waals surface area contributed by atoms with Crippen molar-refractivity contribution >= 4 is 29.7 Å². The fourth-order valence-electron chi connectivity index (χ4n) is 2.72. The van der Waals surface area contributed by atoms with Gasteiger partial charge in [-0.15, -0.1) is 0 Å². The van der Waals surface area contributed by atoms with Crippen molar-refractivity contribution in [2.75, 3.05) is 0 Å². The van der Waals surface area contributed by atoms with Crippen LogP contribution in [0.3, 0.4) is 0 Å². The molecular formula is C21H29N3O7. The van der Waals surface area contributed by atoms with E-state index in [-0.39, 0.29) is 18.2 Å². The molecule has 0 aliphatic rings. The largest absolute Gasteiger partial charge is 0.481 e. The van der Waals surface area contributed by atoms with Crippen LogP contribution in [0.2, 0.25) is 0 Å². The van der Waals surface area contributed by atoms with E-state index in [2.05, 4.69) is 16.0 Å². The highest BCUT2D eigenvalue weighted by Crippen LogP contribution is 2.06. The molecule has 0 aliphatic carbocycles. The Bertz CT molecular complexity index is 795. The lowest BCUT2D eigenvalue weighted by molar-refractivity contribution is -0.147. The first-order valence-electron chi connectivity index (χ1n) is 9.89. The Morgan fingerprint density at radius 2 is 1.48 bits per heavy atom. The third-order valence-electron chi connectivity index (χ3n) is 4.49. The zero-order chi connectivity index (χ0) is 23.6. The molecule has 0 fully saturated rings. The first-order valence-corrected chi connectivity index (χ1v) is 9.89. The number of carbonyl (C=O) groups is 5. The van der Waals surface area contributed by atoms with Crippen molar-refractivity contribution in [3.8, 4) is 0 Å². The van der Waals surface area contributed by atoms with Gasteiger partial charge in [0.05, 0.1) is 6.42 Å². The topological polar surface area (TPSA) is 162 Å². The molecule has 31 heavy (non-hydrogen) atoms. The number of hydrogen-bond acceptors (Lipinski definition) is 5. The summed E-state index contributed by atoms with van der Waals surface area (Å²) in [5.74, 6) is -4.92. The number of hydrogen-bond donors (Lipinski definition) is 5. The van der Waals surface area contributed by atoms with Crippen LogP contribution in [0.15, 0.2) is 30.3 Å². The number of nitrogens with one attached hydrogen (secondary N) is 3. The molecule has 0 saturated carbocycles. The van der Waals surface area contributed by atoms with E-state index in [1.807, 2.05) is 30.3 Å². The molecule has 0 spiro atoms. The van der Waals surface area contributed by atoms with Crippen molar-refractivity contribution in [3.63, 3.8) is 0 Å².